The lowest BCUT2D eigenvalue weighted by Crippen LogP contribution is -1.71. The molecule has 0 saturated carbocycles. The van der Waals surface area contributed by atoms with Crippen LogP contribution in [0, 0.1) is 0 Å². The smallest absolute Gasteiger partial charge is 0.160 e. The standard InChI is InChI=1S/C6H2BrClN2S/c7-6-10-4-2-9-1-3(8)5(4)11-6/h1-2H. The Morgan fingerprint density at radius 1 is 1.45 bits per heavy atom. The molecule has 0 radical (unpaired) electrons. The van der Waals surface area contributed by atoms with E-state index in [1.54, 1.807) is 12.4 Å². The van der Waals surface area contributed by atoms with Crippen molar-refractivity contribution in [1.82, 2.24) is 9.97 Å². The zero-order chi connectivity index (χ0) is 7.84. The van der Waals surface area contributed by atoms with E-state index in [-0.39, 0.29) is 0 Å². The van der Waals surface area contributed by atoms with Crippen LogP contribution in [-0.2, 0) is 0 Å². The summed E-state index contributed by atoms with van der Waals surface area (Å²) in [4.78, 5) is 8.08. The van der Waals surface area contributed by atoms with Crippen molar-refractivity contribution in [1.29, 1.82) is 0 Å². The van der Waals surface area contributed by atoms with Gasteiger partial charge in [-0.1, -0.05) is 11.6 Å². The number of halogens is 2. The van der Waals surface area contributed by atoms with Crippen LogP contribution in [-0.4, -0.2) is 9.97 Å². The maximum Gasteiger partial charge on any atom is 0.160 e. The molecule has 2 rings (SSSR count). The van der Waals surface area contributed by atoms with Gasteiger partial charge in [0.1, 0.15) is 5.52 Å². The Morgan fingerprint density at radius 3 is 3.00 bits per heavy atom. The van der Waals surface area contributed by atoms with E-state index in [1.165, 1.54) is 11.3 Å². The molecule has 0 aliphatic rings. The Bertz CT molecular complexity index is 400. The van der Waals surface area contributed by atoms with Crippen LogP contribution >= 0.6 is 38.9 Å². The van der Waals surface area contributed by atoms with Crippen molar-refractivity contribution in [3.63, 3.8) is 0 Å². The number of pyridine rings is 1. The molecule has 0 saturated heterocycles. The minimum atomic E-state index is 0.658. The van der Waals surface area contributed by atoms with Crippen LogP contribution < -0.4 is 0 Å². The van der Waals surface area contributed by atoms with Gasteiger partial charge < -0.3 is 0 Å². The zero-order valence-electron chi connectivity index (χ0n) is 5.21. The molecule has 0 amide bonds. The fourth-order valence-electron chi connectivity index (χ4n) is 0.795. The van der Waals surface area contributed by atoms with Gasteiger partial charge in [0.2, 0.25) is 0 Å². The highest BCUT2D eigenvalue weighted by Crippen LogP contribution is 2.30. The van der Waals surface area contributed by atoms with Crippen LogP contribution in [0.15, 0.2) is 16.3 Å². The molecule has 0 atom stereocenters. The third-order valence-corrected chi connectivity index (χ3v) is 3.18. The molecule has 0 bridgehead atoms. The van der Waals surface area contributed by atoms with Gasteiger partial charge in [0, 0.05) is 6.20 Å². The van der Waals surface area contributed by atoms with E-state index in [9.17, 15) is 0 Å². The fourth-order valence-corrected chi connectivity index (χ4v) is 2.41. The zero-order valence-corrected chi connectivity index (χ0v) is 8.37. The number of aromatic nitrogens is 2. The maximum atomic E-state index is 5.86. The minimum absolute atomic E-state index is 0.658. The van der Waals surface area contributed by atoms with Crippen molar-refractivity contribution >= 4 is 49.1 Å². The number of hydrogen-bond donors (Lipinski definition) is 0. The second-order valence-corrected chi connectivity index (χ2v) is 4.62. The van der Waals surface area contributed by atoms with E-state index in [1.807, 2.05) is 0 Å². The third kappa shape index (κ3) is 1.26. The normalized spacial score (nSPS) is 10.7. The fraction of sp³-hybridized carbons (Fsp3) is 0. The monoisotopic (exact) mass is 248 g/mol. The summed E-state index contributed by atoms with van der Waals surface area (Å²) in [6.45, 7) is 0. The van der Waals surface area contributed by atoms with Crippen LogP contribution in [0.5, 0.6) is 0 Å². The molecule has 2 aromatic heterocycles. The maximum absolute atomic E-state index is 5.86. The molecule has 0 unspecified atom stereocenters. The highest BCUT2D eigenvalue weighted by Gasteiger charge is 2.03. The Morgan fingerprint density at radius 2 is 2.27 bits per heavy atom. The minimum Gasteiger partial charge on any atom is -0.261 e. The number of hydrogen-bond acceptors (Lipinski definition) is 3. The van der Waals surface area contributed by atoms with Gasteiger partial charge in [0.05, 0.1) is 15.9 Å². The first-order chi connectivity index (χ1) is 5.27. The van der Waals surface area contributed by atoms with Gasteiger partial charge in [-0.25, -0.2) is 4.98 Å². The molecule has 2 heterocycles. The van der Waals surface area contributed by atoms with Crippen LogP contribution in [0.2, 0.25) is 5.02 Å². The summed E-state index contributed by atoms with van der Waals surface area (Å²) in [5.74, 6) is 0. The quantitative estimate of drug-likeness (QED) is 0.717. The Balaban J connectivity index is 2.90. The predicted molar refractivity (Wildman–Crippen MR) is 50.1 cm³/mol. The van der Waals surface area contributed by atoms with Crippen LogP contribution in [0.4, 0.5) is 0 Å². The molecule has 0 fully saturated rings. The highest BCUT2D eigenvalue weighted by atomic mass is 79.9. The Labute approximate surface area is 80.4 Å². The molecule has 0 aromatic carbocycles. The van der Waals surface area contributed by atoms with Crippen molar-refractivity contribution in [2.45, 2.75) is 0 Å². The highest BCUT2D eigenvalue weighted by molar-refractivity contribution is 9.11. The van der Waals surface area contributed by atoms with E-state index in [4.69, 9.17) is 11.6 Å². The van der Waals surface area contributed by atoms with Gasteiger partial charge in [0.15, 0.2) is 3.92 Å². The van der Waals surface area contributed by atoms with Crippen LogP contribution in [0.3, 0.4) is 0 Å². The number of rotatable bonds is 0. The molecule has 0 spiro atoms. The second kappa shape index (κ2) is 2.69. The van der Waals surface area contributed by atoms with Gasteiger partial charge in [-0.15, -0.1) is 11.3 Å². The van der Waals surface area contributed by atoms with Crippen molar-refractivity contribution in [2.24, 2.45) is 0 Å². The summed E-state index contributed by atoms with van der Waals surface area (Å²) in [6, 6.07) is 0. The first-order valence-electron chi connectivity index (χ1n) is 2.83. The molecule has 0 N–H and O–H groups in total. The average Bonchev–Trinajstić information content (AvgIpc) is 2.31. The molecular weight excluding hydrogens is 248 g/mol. The average molecular weight is 250 g/mol. The summed E-state index contributed by atoms with van der Waals surface area (Å²) in [5, 5.41) is 0.658. The van der Waals surface area contributed by atoms with Crippen molar-refractivity contribution in [3.8, 4) is 0 Å². The van der Waals surface area contributed by atoms with Crippen LogP contribution in [0.1, 0.15) is 0 Å². The molecule has 0 aliphatic carbocycles. The SMILES string of the molecule is Clc1cncc2nc(Br)sc12. The van der Waals surface area contributed by atoms with Crippen molar-refractivity contribution < 1.29 is 0 Å². The molecular formula is C6H2BrClN2S. The molecule has 2 aromatic rings. The first-order valence-corrected chi connectivity index (χ1v) is 4.81. The topological polar surface area (TPSA) is 25.8 Å². The summed E-state index contributed by atoms with van der Waals surface area (Å²) in [6.07, 6.45) is 3.32. The van der Waals surface area contributed by atoms with Crippen molar-refractivity contribution in [2.75, 3.05) is 0 Å². The molecule has 2 nitrogen and oxygen atoms in total. The number of thiazole rings is 1. The number of nitrogens with zero attached hydrogens (tertiary/aromatic N) is 2. The van der Waals surface area contributed by atoms with Crippen LogP contribution in [0.25, 0.3) is 10.2 Å². The van der Waals surface area contributed by atoms with E-state index >= 15 is 0 Å². The van der Waals surface area contributed by atoms with E-state index < -0.39 is 0 Å². The lowest BCUT2D eigenvalue weighted by Gasteiger charge is -1.87. The lowest BCUT2D eigenvalue weighted by molar-refractivity contribution is 1.33. The second-order valence-electron chi connectivity index (χ2n) is 1.94. The summed E-state index contributed by atoms with van der Waals surface area (Å²) in [7, 11) is 0. The summed E-state index contributed by atoms with van der Waals surface area (Å²) < 4.78 is 1.82. The Kier molecular flexibility index (Phi) is 1.83. The first kappa shape index (κ1) is 7.46. The van der Waals surface area contributed by atoms with E-state index in [2.05, 4.69) is 25.9 Å². The van der Waals surface area contributed by atoms with Gasteiger partial charge in [0.25, 0.3) is 0 Å². The van der Waals surface area contributed by atoms with Gasteiger partial charge in [-0.2, -0.15) is 0 Å². The third-order valence-electron chi connectivity index (χ3n) is 1.23. The molecule has 5 heteroatoms. The summed E-state index contributed by atoms with van der Waals surface area (Å²) >= 11 is 10.6. The number of fused-ring (bicyclic) bond motifs is 1. The molecule has 56 valence electrons. The van der Waals surface area contributed by atoms with E-state index in [0.717, 1.165) is 14.1 Å². The summed E-state index contributed by atoms with van der Waals surface area (Å²) in [5.41, 5.74) is 0.842. The predicted octanol–water partition coefficient (Wildman–Crippen LogP) is 3.11. The Hall–Kier alpha value is -0.190. The molecule has 0 aliphatic heterocycles. The van der Waals surface area contributed by atoms with E-state index in [0.29, 0.717) is 5.02 Å². The van der Waals surface area contributed by atoms with Gasteiger partial charge >= 0.3 is 0 Å². The van der Waals surface area contributed by atoms with Gasteiger partial charge in [-0.05, 0) is 15.9 Å². The van der Waals surface area contributed by atoms with Gasteiger partial charge in [-0.3, -0.25) is 4.98 Å². The largest absolute Gasteiger partial charge is 0.261 e. The molecule has 11 heavy (non-hydrogen) atoms. The lowest BCUT2D eigenvalue weighted by atomic mass is 10.5. The van der Waals surface area contributed by atoms with Crippen molar-refractivity contribution in [3.05, 3.63) is 21.3 Å².